The first-order valence-corrected chi connectivity index (χ1v) is 3.51. The predicted molar refractivity (Wildman–Crippen MR) is 40.0 cm³/mol. The third kappa shape index (κ3) is 3.02. The molecule has 5 heteroatoms. The van der Waals surface area contributed by atoms with Gasteiger partial charge in [0.1, 0.15) is 0 Å². The lowest BCUT2D eigenvalue weighted by molar-refractivity contribution is -0.366. The summed E-state index contributed by atoms with van der Waals surface area (Å²) in [7, 11) is 1.55. The van der Waals surface area contributed by atoms with Crippen molar-refractivity contribution >= 4 is 0 Å². The Labute approximate surface area is 77.6 Å². The first kappa shape index (κ1) is 11.1. The molecule has 0 spiro atoms. The smallest absolute Gasteiger partial charge is 0.316 e. The molecule has 1 heterocycles. The van der Waals surface area contributed by atoms with Crippen molar-refractivity contribution in [3.63, 3.8) is 0 Å². The van der Waals surface area contributed by atoms with Crippen LogP contribution < -0.4 is 22.9 Å². The molecular weight excluding hydrogens is 178 g/mol. The van der Waals surface area contributed by atoms with E-state index in [1.54, 1.807) is 19.5 Å². The molecule has 3 N–H and O–H groups in total. The molecule has 0 saturated carbocycles. The number of hydrogen-bond acceptors (Lipinski definition) is 3. The summed E-state index contributed by atoms with van der Waals surface area (Å²) in [6.07, 6.45) is 4.44. The van der Waals surface area contributed by atoms with E-state index in [0.717, 1.165) is 18.5 Å². The molecule has 1 rings (SSSR count). The highest BCUT2D eigenvalue weighted by atomic mass is 35.5. The van der Waals surface area contributed by atoms with Crippen molar-refractivity contribution in [2.24, 2.45) is 0 Å². The minimum Gasteiger partial charge on any atom is -1.00 e. The van der Waals surface area contributed by atoms with Crippen molar-refractivity contribution in [2.75, 3.05) is 13.7 Å². The monoisotopic (exact) mass is 189 g/mol. The maximum absolute atomic E-state index is 4.81. The summed E-state index contributed by atoms with van der Waals surface area (Å²) in [4.78, 5) is 7.91. The van der Waals surface area contributed by atoms with E-state index in [0.29, 0.717) is 6.01 Å². The minimum absolute atomic E-state index is 0. The van der Waals surface area contributed by atoms with Crippen LogP contribution >= 0.6 is 0 Å². The van der Waals surface area contributed by atoms with Crippen LogP contribution in [0.25, 0.3) is 0 Å². The van der Waals surface area contributed by atoms with Gasteiger partial charge in [-0.25, -0.2) is 9.97 Å². The number of rotatable bonds is 3. The van der Waals surface area contributed by atoms with Crippen LogP contribution in [0.5, 0.6) is 6.01 Å². The van der Waals surface area contributed by atoms with Crippen LogP contribution in [0.15, 0.2) is 12.4 Å². The number of quaternary nitrogens is 1. The predicted octanol–water partition coefficient (Wildman–Crippen LogP) is -3.73. The van der Waals surface area contributed by atoms with Gasteiger partial charge in [-0.3, -0.25) is 0 Å². The number of halogens is 1. The third-order valence-electron chi connectivity index (χ3n) is 1.33. The van der Waals surface area contributed by atoms with Gasteiger partial charge in [0.25, 0.3) is 0 Å². The van der Waals surface area contributed by atoms with Gasteiger partial charge < -0.3 is 22.9 Å². The first-order chi connectivity index (χ1) is 5.36. The average molecular weight is 190 g/mol. The van der Waals surface area contributed by atoms with E-state index in [-0.39, 0.29) is 12.4 Å². The van der Waals surface area contributed by atoms with E-state index >= 15 is 0 Å². The van der Waals surface area contributed by atoms with Crippen LogP contribution in [-0.4, -0.2) is 23.6 Å². The second-order valence-electron chi connectivity index (χ2n) is 2.18. The second kappa shape index (κ2) is 5.74. The molecule has 68 valence electrons. The molecule has 0 atom stereocenters. The Bertz CT molecular complexity index is 214. The lowest BCUT2D eigenvalue weighted by atomic mass is 10.2. The topological polar surface area (TPSA) is 62.7 Å². The quantitative estimate of drug-likeness (QED) is 0.532. The molecule has 0 aromatic carbocycles. The van der Waals surface area contributed by atoms with E-state index in [1.807, 2.05) is 0 Å². The van der Waals surface area contributed by atoms with E-state index < -0.39 is 0 Å². The van der Waals surface area contributed by atoms with Crippen molar-refractivity contribution in [1.29, 1.82) is 0 Å². The molecule has 0 aliphatic carbocycles. The van der Waals surface area contributed by atoms with Crippen LogP contribution in [0.1, 0.15) is 5.56 Å². The van der Waals surface area contributed by atoms with Gasteiger partial charge in [0.2, 0.25) is 0 Å². The first-order valence-electron chi connectivity index (χ1n) is 3.51. The van der Waals surface area contributed by atoms with Crippen molar-refractivity contribution in [2.45, 2.75) is 6.42 Å². The third-order valence-corrected chi connectivity index (χ3v) is 1.33. The van der Waals surface area contributed by atoms with Gasteiger partial charge >= 0.3 is 6.01 Å². The second-order valence-corrected chi connectivity index (χ2v) is 2.18. The van der Waals surface area contributed by atoms with Crippen LogP contribution in [0.3, 0.4) is 0 Å². The summed E-state index contributed by atoms with van der Waals surface area (Å²) in [5.41, 5.74) is 4.83. The normalized spacial score (nSPS) is 8.83. The van der Waals surface area contributed by atoms with Gasteiger partial charge in [0.15, 0.2) is 0 Å². The fourth-order valence-electron chi connectivity index (χ4n) is 0.782. The molecular formula is C7H12ClN3O. The number of methoxy groups -OCH3 is 1. The number of ether oxygens (including phenoxy) is 1. The van der Waals surface area contributed by atoms with Gasteiger partial charge in [-0.2, -0.15) is 0 Å². The Balaban J connectivity index is 0.00000121. The SMILES string of the molecule is COc1ncc(CC[NH3+])cn1.[Cl-]. The molecule has 4 nitrogen and oxygen atoms in total. The Morgan fingerprint density at radius 1 is 1.42 bits per heavy atom. The van der Waals surface area contributed by atoms with Crippen LogP contribution in [0.4, 0.5) is 0 Å². The Kier molecular flexibility index (Phi) is 5.32. The maximum atomic E-state index is 4.81. The van der Waals surface area contributed by atoms with Crippen LogP contribution in [-0.2, 0) is 6.42 Å². The molecule has 0 saturated heterocycles. The number of nitrogens with zero attached hydrogens (tertiary/aromatic N) is 2. The highest BCUT2D eigenvalue weighted by Gasteiger charge is 1.95. The van der Waals surface area contributed by atoms with Crippen molar-refractivity contribution in [1.82, 2.24) is 9.97 Å². The number of hydrogen-bond donors (Lipinski definition) is 1. The average Bonchev–Trinajstić information content (AvgIpc) is 2.07. The van der Waals surface area contributed by atoms with Crippen LogP contribution in [0, 0.1) is 0 Å². The zero-order valence-corrected chi connectivity index (χ0v) is 7.71. The summed E-state index contributed by atoms with van der Waals surface area (Å²) in [6.45, 7) is 0.871. The van der Waals surface area contributed by atoms with Gasteiger partial charge in [0.05, 0.1) is 13.7 Å². The van der Waals surface area contributed by atoms with E-state index in [2.05, 4.69) is 15.7 Å². The van der Waals surface area contributed by atoms with E-state index in [1.165, 1.54) is 0 Å². The molecule has 0 aliphatic heterocycles. The zero-order chi connectivity index (χ0) is 8.10. The summed E-state index contributed by atoms with van der Waals surface area (Å²) in [6, 6.07) is 0.415. The zero-order valence-electron chi connectivity index (χ0n) is 6.96. The van der Waals surface area contributed by atoms with Gasteiger partial charge in [0, 0.05) is 18.8 Å². The Morgan fingerprint density at radius 3 is 2.42 bits per heavy atom. The molecule has 0 fully saturated rings. The fourth-order valence-corrected chi connectivity index (χ4v) is 0.782. The number of aromatic nitrogens is 2. The van der Waals surface area contributed by atoms with E-state index in [4.69, 9.17) is 4.74 Å². The van der Waals surface area contributed by atoms with Crippen molar-refractivity contribution < 1.29 is 22.9 Å². The van der Waals surface area contributed by atoms with Crippen molar-refractivity contribution in [3.05, 3.63) is 18.0 Å². The molecule has 12 heavy (non-hydrogen) atoms. The maximum Gasteiger partial charge on any atom is 0.316 e. The largest absolute Gasteiger partial charge is 1.00 e. The lowest BCUT2D eigenvalue weighted by Gasteiger charge is -1.97. The van der Waals surface area contributed by atoms with E-state index in [9.17, 15) is 0 Å². The summed E-state index contributed by atoms with van der Waals surface area (Å²) < 4.78 is 4.81. The van der Waals surface area contributed by atoms with Gasteiger partial charge in [-0.1, -0.05) is 0 Å². The molecule has 0 radical (unpaired) electrons. The fraction of sp³-hybridized carbons (Fsp3) is 0.429. The summed E-state index contributed by atoms with van der Waals surface area (Å²) in [5.74, 6) is 0. The van der Waals surface area contributed by atoms with Crippen molar-refractivity contribution in [3.8, 4) is 6.01 Å². The summed E-state index contributed by atoms with van der Waals surface area (Å²) in [5, 5.41) is 0. The molecule has 0 unspecified atom stereocenters. The van der Waals surface area contributed by atoms with Gasteiger partial charge in [-0.05, 0) is 5.56 Å². The lowest BCUT2D eigenvalue weighted by Crippen LogP contribution is -3.00. The Hall–Kier alpha value is -0.870. The molecule has 1 aromatic heterocycles. The molecule has 0 aliphatic rings. The van der Waals surface area contributed by atoms with Gasteiger partial charge in [-0.15, -0.1) is 0 Å². The highest BCUT2D eigenvalue weighted by Crippen LogP contribution is 2.00. The molecule has 0 bridgehead atoms. The minimum atomic E-state index is 0. The standard InChI is InChI=1S/C7H11N3O.ClH/c1-11-7-9-4-6(2-3-8)5-10-7;/h4-5H,2-3,8H2,1H3;1H. The molecule has 0 amide bonds. The highest BCUT2D eigenvalue weighted by molar-refractivity contribution is 5.07. The Morgan fingerprint density at radius 2 is 2.00 bits per heavy atom. The molecule has 1 aromatic rings. The van der Waals surface area contributed by atoms with Crippen LogP contribution in [0.2, 0.25) is 0 Å². The summed E-state index contributed by atoms with van der Waals surface area (Å²) >= 11 is 0.